The standard InChI is InChI=1S/C16H23NO3/c1-3-17(14-8-5-4-7-13(14)2)11-16(15(18)19)9-6-10-20-12-16/h4-5,7-8H,3,6,9-12H2,1-2H3,(H,18,19). The second-order valence-electron chi connectivity index (χ2n) is 5.54. The molecule has 1 aliphatic rings. The fourth-order valence-electron chi connectivity index (χ4n) is 2.86. The summed E-state index contributed by atoms with van der Waals surface area (Å²) in [6, 6.07) is 8.11. The highest BCUT2D eigenvalue weighted by Gasteiger charge is 2.42. The number of rotatable bonds is 5. The smallest absolute Gasteiger partial charge is 0.313 e. The van der Waals surface area contributed by atoms with E-state index >= 15 is 0 Å². The normalized spacial score (nSPS) is 22.5. The van der Waals surface area contributed by atoms with Gasteiger partial charge in [-0.25, -0.2) is 0 Å². The lowest BCUT2D eigenvalue weighted by Gasteiger charge is -2.38. The fourth-order valence-corrected chi connectivity index (χ4v) is 2.86. The van der Waals surface area contributed by atoms with Crippen LogP contribution >= 0.6 is 0 Å². The summed E-state index contributed by atoms with van der Waals surface area (Å²) in [4.78, 5) is 13.9. The van der Waals surface area contributed by atoms with Crippen LogP contribution in [-0.4, -0.2) is 37.4 Å². The maximum Gasteiger partial charge on any atom is 0.313 e. The van der Waals surface area contributed by atoms with Gasteiger partial charge in [-0.1, -0.05) is 18.2 Å². The van der Waals surface area contributed by atoms with E-state index in [0.29, 0.717) is 26.2 Å². The number of ether oxygens (including phenoxy) is 1. The average molecular weight is 277 g/mol. The molecule has 4 nitrogen and oxygen atoms in total. The molecule has 1 aromatic rings. The Morgan fingerprint density at radius 2 is 2.20 bits per heavy atom. The van der Waals surface area contributed by atoms with Gasteiger partial charge in [0.25, 0.3) is 0 Å². The minimum Gasteiger partial charge on any atom is -0.481 e. The first kappa shape index (κ1) is 14.9. The molecule has 1 aliphatic heterocycles. The maximum atomic E-state index is 11.7. The van der Waals surface area contributed by atoms with E-state index in [4.69, 9.17) is 4.74 Å². The molecule has 0 aromatic heterocycles. The first-order valence-electron chi connectivity index (χ1n) is 7.21. The average Bonchev–Trinajstić information content (AvgIpc) is 2.46. The van der Waals surface area contributed by atoms with Gasteiger partial charge in [-0.05, 0) is 38.3 Å². The van der Waals surface area contributed by atoms with Crippen molar-refractivity contribution < 1.29 is 14.6 Å². The van der Waals surface area contributed by atoms with Crippen LogP contribution in [0, 0.1) is 12.3 Å². The molecule has 4 heteroatoms. The molecule has 1 N–H and O–H groups in total. The van der Waals surface area contributed by atoms with Crippen molar-refractivity contribution >= 4 is 11.7 Å². The van der Waals surface area contributed by atoms with Crippen LogP contribution in [0.1, 0.15) is 25.3 Å². The molecule has 2 rings (SSSR count). The van der Waals surface area contributed by atoms with Gasteiger partial charge in [0.15, 0.2) is 0 Å². The number of carboxylic acid groups (broad SMARTS) is 1. The third-order valence-electron chi connectivity index (χ3n) is 4.11. The van der Waals surface area contributed by atoms with Crippen LogP contribution in [0.25, 0.3) is 0 Å². The number of benzene rings is 1. The van der Waals surface area contributed by atoms with Crippen LogP contribution < -0.4 is 4.90 Å². The predicted molar refractivity (Wildman–Crippen MR) is 79.2 cm³/mol. The van der Waals surface area contributed by atoms with E-state index in [0.717, 1.165) is 18.7 Å². The van der Waals surface area contributed by atoms with Gasteiger partial charge in [0.05, 0.1) is 6.61 Å². The van der Waals surface area contributed by atoms with E-state index in [-0.39, 0.29) is 0 Å². The minimum atomic E-state index is -0.781. The molecule has 0 spiro atoms. The lowest BCUT2D eigenvalue weighted by atomic mass is 9.81. The van der Waals surface area contributed by atoms with Gasteiger partial charge in [0.2, 0.25) is 0 Å². The number of hydrogen-bond donors (Lipinski definition) is 1. The quantitative estimate of drug-likeness (QED) is 0.899. The highest BCUT2D eigenvalue weighted by molar-refractivity contribution is 5.76. The number of hydrogen-bond acceptors (Lipinski definition) is 3. The largest absolute Gasteiger partial charge is 0.481 e. The molecule has 0 bridgehead atoms. The SMILES string of the molecule is CCN(CC1(C(=O)O)CCCOC1)c1ccccc1C. The van der Waals surface area contributed by atoms with Gasteiger partial charge in [0, 0.05) is 25.4 Å². The number of nitrogens with zero attached hydrogens (tertiary/aromatic N) is 1. The Bertz CT molecular complexity index is 467. The number of aliphatic carboxylic acids is 1. The molecule has 1 saturated heterocycles. The van der Waals surface area contributed by atoms with Crippen molar-refractivity contribution in [2.45, 2.75) is 26.7 Å². The van der Waals surface area contributed by atoms with Crippen LogP contribution in [0.4, 0.5) is 5.69 Å². The highest BCUT2D eigenvalue weighted by Crippen LogP contribution is 2.32. The van der Waals surface area contributed by atoms with Gasteiger partial charge >= 0.3 is 5.97 Å². The lowest BCUT2D eigenvalue weighted by molar-refractivity contribution is -0.156. The van der Waals surface area contributed by atoms with E-state index in [1.165, 1.54) is 5.56 Å². The molecule has 20 heavy (non-hydrogen) atoms. The Morgan fingerprint density at radius 3 is 2.75 bits per heavy atom. The van der Waals surface area contributed by atoms with Crippen molar-refractivity contribution in [3.8, 4) is 0 Å². The lowest BCUT2D eigenvalue weighted by Crippen LogP contribution is -2.48. The zero-order valence-electron chi connectivity index (χ0n) is 12.3. The van der Waals surface area contributed by atoms with Crippen LogP contribution in [0.3, 0.4) is 0 Å². The number of aryl methyl sites for hydroxylation is 1. The third kappa shape index (κ3) is 2.96. The summed E-state index contributed by atoms with van der Waals surface area (Å²) < 4.78 is 5.45. The van der Waals surface area contributed by atoms with E-state index in [1.54, 1.807) is 0 Å². The number of carboxylic acids is 1. The van der Waals surface area contributed by atoms with Crippen LogP contribution in [-0.2, 0) is 9.53 Å². The summed E-state index contributed by atoms with van der Waals surface area (Å²) in [5.74, 6) is -0.746. The highest BCUT2D eigenvalue weighted by atomic mass is 16.5. The van der Waals surface area contributed by atoms with E-state index in [2.05, 4.69) is 30.9 Å². The molecule has 1 unspecified atom stereocenters. The summed E-state index contributed by atoms with van der Waals surface area (Å²) in [5.41, 5.74) is 1.50. The molecule has 110 valence electrons. The summed E-state index contributed by atoms with van der Waals surface area (Å²) in [7, 11) is 0. The van der Waals surface area contributed by atoms with Crippen molar-refractivity contribution in [2.75, 3.05) is 31.2 Å². The first-order valence-corrected chi connectivity index (χ1v) is 7.21. The molecular formula is C16H23NO3. The Morgan fingerprint density at radius 1 is 1.45 bits per heavy atom. The molecule has 0 aliphatic carbocycles. The zero-order valence-corrected chi connectivity index (χ0v) is 12.3. The van der Waals surface area contributed by atoms with Crippen LogP contribution in [0.5, 0.6) is 0 Å². The summed E-state index contributed by atoms with van der Waals surface area (Å²) in [5, 5.41) is 9.64. The molecule has 1 heterocycles. The fraction of sp³-hybridized carbons (Fsp3) is 0.562. The number of para-hydroxylation sites is 1. The van der Waals surface area contributed by atoms with Crippen molar-refractivity contribution in [3.05, 3.63) is 29.8 Å². The topological polar surface area (TPSA) is 49.8 Å². The number of carbonyl (C=O) groups is 1. The second kappa shape index (κ2) is 6.27. The maximum absolute atomic E-state index is 11.7. The van der Waals surface area contributed by atoms with E-state index < -0.39 is 11.4 Å². The van der Waals surface area contributed by atoms with Gasteiger partial charge < -0.3 is 14.7 Å². The van der Waals surface area contributed by atoms with Crippen LogP contribution in [0.2, 0.25) is 0 Å². The van der Waals surface area contributed by atoms with Crippen LogP contribution in [0.15, 0.2) is 24.3 Å². The summed E-state index contributed by atoms with van der Waals surface area (Å²) in [6.45, 7) is 6.40. The van der Waals surface area contributed by atoms with E-state index in [9.17, 15) is 9.90 Å². The second-order valence-corrected chi connectivity index (χ2v) is 5.54. The number of anilines is 1. The van der Waals surface area contributed by atoms with Gasteiger partial charge in [-0.15, -0.1) is 0 Å². The van der Waals surface area contributed by atoms with Crippen molar-refractivity contribution in [1.82, 2.24) is 0 Å². The molecule has 0 radical (unpaired) electrons. The third-order valence-corrected chi connectivity index (χ3v) is 4.11. The van der Waals surface area contributed by atoms with Gasteiger partial charge in [-0.2, -0.15) is 0 Å². The monoisotopic (exact) mass is 277 g/mol. The van der Waals surface area contributed by atoms with Crippen molar-refractivity contribution in [2.24, 2.45) is 5.41 Å². The molecule has 1 fully saturated rings. The molecule has 0 amide bonds. The van der Waals surface area contributed by atoms with Gasteiger partial charge in [-0.3, -0.25) is 4.79 Å². The zero-order chi connectivity index (χ0) is 14.6. The Kier molecular flexibility index (Phi) is 4.65. The molecular weight excluding hydrogens is 254 g/mol. The summed E-state index contributed by atoms with van der Waals surface area (Å²) >= 11 is 0. The summed E-state index contributed by atoms with van der Waals surface area (Å²) in [6.07, 6.45) is 1.50. The molecule has 1 atom stereocenters. The predicted octanol–water partition coefficient (Wildman–Crippen LogP) is 2.70. The first-order chi connectivity index (χ1) is 9.59. The Hall–Kier alpha value is -1.55. The van der Waals surface area contributed by atoms with Gasteiger partial charge in [0.1, 0.15) is 5.41 Å². The molecule has 1 aromatic carbocycles. The Labute approximate surface area is 120 Å². The molecule has 0 saturated carbocycles. The Balaban J connectivity index is 2.24. The minimum absolute atomic E-state index is 0.310. The van der Waals surface area contributed by atoms with Crippen molar-refractivity contribution in [1.29, 1.82) is 0 Å². The van der Waals surface area contributed by atoms with Crippen molar-refractivity contribution in [3.63, 3.8) is 0 Å². The van der Waals surface area contributed by atoms with E-state index in [1.807, 2.05) is 12.1 Å².